The maximum absolute atomic E-state index is 6.24. The van der Waals surface area contributed by atoms with Gasteiger partial charge >= 0.3 is 0 Å². The molecule has 0 bridgehead atoms. The second-order valence-electron chi connectivity index (χ2n) is 4.97. The van der Waals surface area contributed by atoms with Crippen LogP contribution in [-0.2, 0) is 5.54 Å². The number of nitrogens with zero attached hydrogens (tertiary/aromatic N) is 4. The van der Waals surface area contributed by atoms with Crippen LogP contribution >= 0.6 is 0 Å². The largest absolute Gasteiger partial charge is 0.337 e. The summed E-state index contributed by atoms with van der Waals surface area (Å²) in [6.07, 6.45) is 3.92. The second-order valence-corrected chi connectivity index (χ2v) is 4.97. The quantitative estimate of drug-likeness (QED) is 0.879. The SMILES string of the molecule is Cc1nccc(-c2noc(C(C)(N)C3CC3)n2)n1. The molecule has 1 fully saturated rings. The van der Waals surface area contributed by atoms with E-state index in [9.17, 15) is 0 Å². The fraction of sp³-hybridized carbons (Fsp3) is 0.500. The number of aromatic nitrogens is 4. The van der Waals surface area contributed by atoms with Gasteiger partial charge in [-0.3, -0.25) is 0 Å². The van der Waals surface area contributed by atoms with Crippen molar-refractivity contribution in [3.63, 3.8) is 0 Å². The summed E-state index contributed by atoms with van der Waals surface area (Å²) in [5.41, 5.74) is 6.36. The van der Waals surface area contributed by atoms with Crippen molar-refractivity contribution in [2.24, 2.45) is 11.7 Å². The zero-order chi connectivity index (χ0) is 12.8. The third-order valence-electron chi connectivity index (χ3n) is 3.32. The lowest BCUT2D eigenvalue weighted by Gasteiger charge is -2.18. The summed E-state index contributed by atoms with van der Waals surface area (Å²) in [7, 11) is 0. The zero-order valence-electron chi connectivity index (χ0n) is 10.4. The molecule has 3 rings (SSSR count). The summed E-state index contributed by atoms with van der Waals surface area (Å²) in [5, 5.41) is 3.95. The van der Waals surface area contributed by atoms with E-state index < -0.39 is 5.54 Å². The summed E-state index contributed by atoms with van der Waals surface area (Å²) < 4.78 is 5.28. The fourth-order valence-corrected chi connectivity index (χ4v) is 1.98. The third kappa shape index (κ3) is 1.88. The Labute approximate surface area is 105 Å². The van der Waals surface area contributed by atoms with E-state index in [0.717, 1.165) is 12.8 Å². The van der Waals surface area contributed by atoms with Crippen molar-refractivity contribution >= 4 is 0 Å². The van der Waals surface area contributed by atoms with Gasteiger partial charge < -0.3 is 10.3 Å². The third-order valence-corrected chi connectivity index (χ3v) is 3.32. The van der Waals surface area contributed by atoms with Crippen molar-refractivity contribution in [3.05, 3.63) is 24.0 Å². The Morgan fingerprint density at radius 2 is 2.17 bits per heavy atom. The summed E-state index contributed by atoms with van der Waals surface area (Å²) >= 11 is 0. The molecule has 2 aromatic rings. The molecule has 2 N–H and O–H groups in total. The zero-order valence-corrected chi connectivity index (χ0v) is 10.4. The van der Waals surface area contributed by atoms with Crippen LogP contribution in [0.1, 0.15) is 31.5 Å². The molecule has 2 aromatic heterocycles. The van der Waals surface area contributed by atoms with Crippen LogP contribution in [0.2, 0.25) is 0 Å². The minimum atomic E-state index is -0.534. The van der Waals surface area contributed by atoms with Crippen LogP contribution in [0.25, 0.3) is 11.5 Å². The first-order valence-electron chi connectivity index (χ1n) is 6.00. The molecule has 0 saturated heterocycles. The van der Waals surface area contributed by atoms with Crippen molar-refractivity contribution in [1.82, 2.24) is 20.1 Å². The molecular weight excluding hydrogens is 230 g/mol. The standard InChI is InChI=1S/C12H15N5O/c1-7-14-6-5-9(15-7)10-16-11(18-17-10)12(2,13)8-3-4-8/h5-6,8H,3-4,13H2,1-2H3. The first-order valence-corrected chi connectivity index (χ1v) is 6.00. The molecule has 1 saturated carbocycles. The Balaban J connectivity index is 1.94. The van der Waals surface area contributed by atoms with Crippen molar-refractivity contribution in [3.8, 4) is 11.5 Å². The van der Waals surface area contributed by atoms with Gasteiger partial charge in [-0.05, 0) is 38.7 Å². The molecule has 1 atom stereocenters. The van der Waals surface area contributed by atoms with Gasteiger partial charge in [-0.15, -0.1) is 0 Å². The molecule has 6 heteroatoms. The number of aryl methyl sites for hydroxylation is 1. The predicted octanol–water partition coefficient (Wildman–Crippen LogP) is 1.42. The number of rotatable bonds is 3. The van der Waals surface area contributed by atoms with Crippen LogP contribution in [0, 0.1) is 12.8 Å². The summed E-state index contributed by atoms with van der Waals surface area (Å²) in [4.78, 5) is 12.7. The minimum absolute atomic E-state index is 0.443. The molecular formula is C12H15N5O. The normalized spacial score (nSPS) is 18.6. The van der Waals surface area contributed by atoms with Crippen LogP contribution in [0.4, 0.5) is 0 Å². The van der Waals surface area contributed by atoms with Gasteiger partial charge in [0.05, 0.1) is 5.54 Å². The molecule has 6 nitrogen and oxygen atoms in total. The van der Waals surface area contributed by atoms with Crippen molar-refractivity contribution in [1.29, 1.82) is 0 Å². The molecule has 1 aliphatic rings. The second kappa shape index (κ2) is 3.84. The number of hydrogen-bond donors (Lipinski definition) is 1. The maximum Gasteiger partial charge on any atom is 0.247 e. The average Bonchev–Trinajstić information content (AvgIpc) is 3.07. The van der Waals surface area contributed by atoms with E-state index in [1.54, 1.807) is 12.3 Å². The summed E-state index contributed by atoms with van der Waals surface area (Å²) in [6, 6.07) is 1.76. The minimum Gasteiger partial charge on any atom is -0.337 e. The van der Waals surface area contributed by atoms with Crippen molar-refractivity contribution < 1.29 is 4.52 Å². The highest BCUT2D eigenvalue weighted by Crippen LogP contribution is 2.43. The Morgan fingerprint density at radius 1 is 1.39 bits per heavy atom. The average molecular weight is 245 g/mol. The molecule has 1 unspecified atom stereocenters. The highest BCUT2D eigenvalue weighted by molar-refractivity contribution is 5.47. The van der Waals surface area contributed by atoms with Crippen LogP contribution in [0.15, 0.2) is 16.8 Å². The smallest absolute Gasteiger partial charge is 0.247 e. The van der Waals surface area contributed by atoms with Crippen LogP contribution in [-0.4, -0.2) is 20.1 Å². The number of hydrogen-bond acceptors (Lipinski definition) is 6. The Morgan fingerprint density at radius 3 is 2.83 bits per heavy atom. The molecule has 0 aliphatic heterocycles. The van der Waals surface area contributed by atoms with Gasteiger partial charge in [-0.25, -0.2) is 9.97 Å². The maximum atomic E-state index is 6.24. The van der Waals surface area contributed by atoms with Crippen LogP contribution in [0.3, 0.4) is 0 Å². The molecule has 2 heterocycles. The van der Waals surface area contributed by atoms with Gasteiger partial charge in [-0.2, -0.15) is 4.98 Å². The Hall–Kier alpha value is -1.82. The van der Waals surface area contributed by atoms with Crippen LogP contribution < -0.4 is 5.73 Å². The number of nitrogens with two attached hydrogens (primary N) is 1. The highest BCUT2D eigenvalue weighted by Gasteiger charge is 2.43. The van der Waals surface area contributed by atoms with Gasteiger partial charge in [-0.1, -0.05) is 5.16 Å². The van der Waals surface area contributed by atoms with Crippen LogP contribution in [0.5, 0.6) is 0 Å². The first kappa shape index (κ1) is 11.3. The molecule has 0 amide bonds. The molecule has 0 aromatic carbocycles. The van der Waals surface area contributed by atoms with E-state index in [4.69, 9.17) is 10.3 Å². The topological polar surface area (TPSA) is 90.7 Å². The van der Waals surface area contributed by atoms with Gasteiger partial charge in [0.15, 0.2) is 0 Å². The predicted molar refractivity (Wildman–Crippen MR) is 64.3 cm³/mol. The lowest BCUT2D eigenvalue weighted by Crippen LogP contribution is -2.35. The van der Waals surface area contributed by atoms with Gasteiger partial charge in [0.2, 0.25) is 11.7 Å². The lowest BCUT2D eigenvalue weighted by atomic mass is 9.97. The molecule has 0 spiro atoms. The van der Waals surface area contributed by atoms with E-state index in [2.05, 4.69) is 20.1 Å². The molecule has 94 valence electrons. The van der Waals surface area contributed by atoms with E-state index >= 15 is 0 Å². The van der Waals surface area contributed by atoms with Crippen molar-refractivity contribution in [2.45, 2.75) is 32.2 Å². The Kier molecular flexibility index (Phi) is 2.41. The highest BCUT2D eigenvalue weighted by atomic mass is 16.5. The van der Waals surface area contributed by atoms with Gasteiger partial charge in [0.25, 0.3) is 0 Å². The molecule has 1 aliphatic carbocycles. The molecule has 0 radical (unpaired) electrons. The van der Waals surface area contributed by atoms with E-state index in [1.807, 2.05) is 13.8 Å². The molecule has 18 heavy (non-hydrogen) atoms. The van der Waals surface area contributed by atoms with Gasteiger partial charge in [0.1, 0.15) is 11.5 Å². The van der Waals surface area contributed by atoms with E-state index in [0.29, 0.717) is 29.2 Å². The van der Waals surface area contributed by atoms with E-state index in [-0.39, 0.29) is 0 Å². The monoisotopic (exact) mass is 245 g/mol. The summed E-state index contributed by atoms with van der Waals surface area (Å²) in [5.74, 6) is 2.07. The first-order chi connectivity index (χ1) is 8.57. The van der Waals surface area contributed by atoms with E-state index in [1.165, 1.54) is 0 Å². The van der Waals surface area contributed by atoms with Gasteiger partial charge in [0, 0.05) is 6.20 Å². The summed E-state index contributed by atoms with van der Waals surface area (Å²) in [6.45, 7) is 3.76. The fourth-order valence-electron chi connectivity index (χ4n) is 1.98. The Bertz CT molecular complexity index is 573. The van der Waals surface area contributed by atoms with Crippen molar-refractivity contribution in [2.75, 3.05) is 0 Å². The lowest BCUT2D eigenvalue weighted by molar-refractivity contribution is 0.273.